The number of rotatable bonds is 6. The van der Waals surface area contributed by atoms with Crippen molar-refractivity contribution in [2.24, 2.45) is 11.7 Å². The number of aryl methyl sites for hydroxylation is 1. The van der Waals surface area contributed by atoms with Crippen molar-refractivity contribution in [3.8, 4) is 5.69 Å². The molecule has 0 fully saturated rings. The van der Waals surface area contributed by atoms with Crippen LogP contribution in [0, 0.1) is 12.8 Å². The largest absolute Gasteiger partial charge is 0.434 e. The van der Waals surface area contributed by atoms with Crippen LogP contribution in [0.5, 0.6) is 0 Å². The Hall–Kier alpha value is -2.06. The number of hydrogen-bond acceptors (Lipinski definition) is 3. The molecule has 0 aliphatic rings. The van der Waals surface area contributed by atoms with E-state index in [1.54, 1.807) is 25.1 Å². The Labute approximate surface area is 169 Å². The van der Waals surface area contributed by atoms with Crippen molar-refractivity contribution >= 4 is 18.3 Å². The standard InChI is InChI=1S/C19H25F3N4O.ClH/c1-12(2)15(23)9-10-25(4)18(27)14-11-24-26(17(14)19(20,21)22)16-8-6-5-7-13(16)3;/h5-8,11-12,15H,9-10,23H2,1-4H3;1H. The summed E-state index contributed by atoms with van der Waals surface area (Å²) in [4.78, 5) is 13.9. The van der Waals surface area contributed by atoms with Crippen LogP contribution in [-0.2, 0) is 6.18 Å². The molecular formula is C19H26ClF3N4O. The van der Waals surface area contributed by atoms with Crippen LogP contribution >= 0.6 is 12.4 Å². The normalized spacial score (nSPS) is 12.6. The van der Waals surface area contributed by atoms with E-state index < -0.39 is 23.3 Å². The van der Waals surface area contributed by atoms with Gasteiger partial charge in [-0.15, -0.1) is 12.4 Å². The predicted octanol–water partition coefficient (Wildman–Crippen LogP) is 4.07. The Morgan fingerprint density at radius 1 is 1.29 bits per heavy atom. The van der Waals surface area contributed by atoms with E-state index in [4.69, 9.17) is 5.73 Å². The monoisotopic (exact) mass is 418 g/mol. The highest BCUT2D eigenvalue weighted by Gasteiger charge is 2.41. The molecule has 0 spiro atoms. The zero-order valence-electron chi connectivity index (χ0n) is 16.3. The number of carbonyl (C=O) groups excluding carboxylic acids is 1. The number of nitrogens with two attached hydrogens (primary N) is 1. The lowest BCUT2D eigenvalue weighted by molar-refractivity contribution is -0.143. The third kappa shape index (κ3) is 5.26. The summed E-state index contributed by atoms with van der Waals surface area (Å²) >= 11 is 0. The molecular weight excluding hydrogens is 393 g/mol. The Morgan fingerprint density at radius 2 is 1.89 bits per heavy atom. The summed E-state index contributed by atoms with van der Waals surface area (Å²) in [5.74, 6) is -0.499. The van der Waals surface area contributed by atoms with Gasteiger partial charge in [0.15, 0.2) is 5.69 Å². The van der Waals surface area contributed by atoms with E-state index >= 15 is 0 Å². The molecule has 1 atom stereocenters. The van der Waals surface area contributed by atoms with Gasteiger partial charge in [-0.25, -0.2) is 4.68 Å². The minimum Gasteiger partial charge on any atom is -0.342 e. The first-order chi connectivity index (χ1) is 12.5. The summed E-state index contributed by atoms with van der Waals surface area (Å²) in [5.41, 5.74) is 5.34. The number of benzene rings is 1. The van der Waals surface area contributed by atoms with E-state index in [9.17, 15) is 18.0 Å². The highest BCUT2D eigenvalue weighted by molar-refractivity contribution is 5.95. The molecule has 1 aromatic carbocycles. The smallest absolute Gasteiger partial charge is 0.342 e. The van der Waals surface area contributed by atoms with Crippen LogP contribution in [0.4, 0.5) is 13.2 Å². The predicted molar refractivity (Wildman–Crippen MR) is 105 cm³/mol. The molecule has 1 unspecified atom stereocenters. The van der Waals surface area contributed by atoms with Gasteiger partial charge in [0.05, 0.1) is 17.4 Å². The summed E-state index contributed by atoms with van der Waals surface area (Å²) in [6, 6.07) is 6.46. The number of aromatic nitrogens is 2. The fourth-order valence-corrected chi connectivity index (χ4v) is 2.74. The van der Waals surface area contributed by atoms with Crippen molar-refractivity contribution < 1.29 is 18.0 Å². The molecule has 28 heavy (non-hydrogen) atoms. The maximum absolute atomic E-state index is 13.8. The molecule has 9 heteroatoms. The first-order valence-electron chi connectivity index (χ1n) is 8.76. The highest BCUT2D eigenvalue weighted by Crippen LogP contribution is 2.34. The van der Waals surface area contributed by atoms with Gasteiger partial charge in [0.1, 0.15) is 0 Å². The van der Waals surface area contributed by atoms with E-state index in [1.807, 2.05) is 13.8 Å². The molecule has 1 aromatic heterocycles. The minimum atomic E-state index is -4.72. The minimum absolute atomic E-state index is 0. The average Bonchev–Trinajstić information content (AvgIpc) is 3.04. The molecule has 2 rings (SSSR count). The molecule has 0 saturated carbocycles. The number of para-hydroxylation sites is 1. The fraction of sp³-hybridized carbons (Fsp3) is 0.474. The Morgan fingerprint density at radius 3 is 2.43 bits per heavy atom. The van der Waals surface area contributed by atoms with Crippen molar-refractivity contribution in [2.45, 2.75) is 39.4 Å². The van der Waals surface area contributed by atoms with Crippen LogP contribution in [0.15, 0.2) is 30.5 Å². The van der Waals surface area contributed by atoms with E-state index in [-0.39, 0.29) is 36.6 Å². The molecule has 2 N–H and O–H groups in total. The second kappa shape index (κ2) is 9.43. The van der Waals surface area contributed by atoms with E-state index in [0.717, 1.165) is 10.9 Å². The fourth-order valence-electron chi connectivity index (χ4n) is 2.74. The zero-order valence-corrected chi connectivity index (χ0v) is 17.1. The Kier molecular flexibility index (Phi) is 8.07. The molecule has 5 nitrogen and oxygen atoms in total. The SMILES string of the molecule is Cc1ccccc1-n1ncc(C(=O)N(C)CCC(N)C(C)C)c1C(F)(F)F.Cl. The summed E-state index contributed by atoms with van der Waals surface area (Å²) in [5, 5.41) is 3.87. The first-order valence-corrected chi connectivity index (χ1v) is 8.76. The van der Waals surface area contributed by atoms with E-state index in [1.165, 1.54) is 18.0 Å². The summed E-state index contributed by atoms with van der Waals surface area (Å²) in [7, 11) is 1.47. The molecule has 1 heterocycles. The third-order valence-corrected chi connectivity index (χ3v) is 4.61. The molecule has 156 valence electrons. The van der Waals surface area contributed by atoms with Crippen LogP contribution in [0.25, 0.3) is 5.69 Å². The number of amides is 1. The summed E-state index contributed by atoms with van der Waals surface area (Å²) in [6.07, 6.45) is -3.23. The number of alkyl halides is 3. The van der Waals surface area contributed by atoms with Gasteiger partial charge in [-0.1, -0.05) is 32.0 Å². The topological polar surface area (TPSA) is 64.2 Å². The van der Waals surface area contributed by atoms with Crippen LogP contribution in [0.2, 0.25) is 0 Å². The third-order valence-electron chi connectivity index (χ3n) is 4.61. The van der Waals surface area contributed by atoms with Crippen LogP contribution in [0.3, 0.4) is 0 Å². The van der Waals surface area contributed by atoms with Crippen molar-refractivity contribution in [3.63, 3.8) is 0 Å². The first kappa shape index (κ1) is 24.0. The van der Waals surface area contributed by atoms with Crippen LogP contribution in [0.1, 0.15) is 41.9 Å². The van der Waals surface area contributed by atoms with Gasteiger partial charge in [0, 0.05) is 19.6 Å². The number of nitrogens with zero attached hydrogens (tertiary/aromatic N) is 3. The van der Waals surface area contributed by atoms with Gasteiger partial charge >= 0.3 is 6.18 Å². The molecule has 0 aliphatic heterocycles. The van der Waals surface area contributed by atoms with Gasteiger partial charge in [-0.05, 0) is 30.9 Å². The second-order valence-corrected chi connectivity index (χ2v) is 7.03. The van der Waals surface area contributed by atoms with Gasteiger partial charge in [0.25, 0.3) is 5.91 Å². The quantitative estimate of drug-likeness (QED) is 0.769. The van der Waals surface area contributed by atoms with Gasteiger partial charge in [-0.2, -0.15) is 18.3 Å². The van der Waals surface area contributed by atoms with Crippen LogP contribution in [-0.4, -0.2) is 40.2 Å². The molecule has 0 saturated heterocycles. The lowest BCUT2D eigenvalue weighted by atomic mass is 10.0. The molecule has 0 bridgehead atoms. The lowest BCUT2D eigenvalue weighted by Crippen LogP contribution is -2.35. The zero-order chi connectivity index (χ0) is 20.4. The van der Waals surface area contributed by atoms with Gasteiger partial charge in [-0.3, -0.25) is 4.79 Å². The van der Waals surface area contributed by atoms with E-state index in [0.29, 0.717) is 12.0 Å². The molecule has 0 aliphatic carbocycles. The summed E-state index contributed by atoms with van der Waals surface area (Å²) in [6.45, 7) is 5.88. The van der Waals surface area contributed by atoms with Gasteiger partial charge < -0.3 is 10.6 Å². The van der Waals surface area contributed by atoms with Crippen molar-refractivity contribution in [2.75, 3.05) is 13.6 Å². The Bertz CT molecular complexity index is 805. The summed E-state index contributed by atoms with van der Waals surface area (Å²) < 4.78 is 42.0. The number of hydrogen-bond donors (Lipinski definition) is 1. The highest BCUT2D eigenvalue weighted by atomic mass is 35.5. The van der Waals surface area contributed by atoms with Crippen molar-refractivity contribution in [1.82, 2.24) is 14.7 Å². The average molecular weight is 419 g/mol. The maximum Gasteiger partial charge on any atom is 0.434 e. The maximum atomic E-state index is 13.8. The molecule has 2 aromatic rings. The molecule has 1 amide bonds. The van der Waals surface area contributed by atoms with E-state index in [2.05, 4.69) is 5.10 Å². The van der Waals surface area contributed by atoms with Gasteiger partial charge in [0.2, 0.25) is 0 Å². The lowest BCUT2D eigenvalue weighted by Gasteiger charge is -2.22. The van der Waals surface area contributed by atoms with Crippen LogP contribution < -0.4 is 5.73 Å². The number of halogens is 4. The van der Waals surface area contributed by atoms with Crippen molar-refractivity contribution in [3.05, 3.63) is 47.3 Å². The second-order valence-electron chi connectivity index (χ2n) is 7.03. The Balaban J connectivity index is 0.00000392. The van der Waals surface area contributed by atoms with Crippen molar-refractivity contribution in [1.29, 1.82) is 0 Å². The molecule has 0 radical (unpaired) electrons. The number of carbonyl (C=O) groups is 1.